The minimum absolute atomic E-state index is 0.340. The molecule has 1 N–H and O–H groups in total. The molecule has 0 aliphatic rings. The van der Waals surface area contributed by atoms with Crippen molar-refractivity contribution in [1.29, 1.82) is 0 Å². The van der Waals surface area contributed by atoms with E-state index in [0.717, 1.165) is 12.3 Å². The molecule has 0 saturated carbocycles. The SMILES string of the molecule is C=CC(C)NCc1sccc1OC. The molecule has 0 aromatic carbocycles. The number of rotatable bonds is 5. The van der Waals surface area contributed by atoms with E-state index in [-0.39, 0.29) is 0 Å². The molecule has 0 amide bonds. The van der Waals surface area contributed by atoms with Gasteiger partial charge in [-0.05, 0) is 18.4 Å². The minimum atomic E-state index is 0.340. The van der Waals surface area contributed by atoms with Gasteiger partial charge in [-0.15, -0.1) is 17.9 Å². The summed E-state index contributed by atoms with van der Waals surface area (Å²) in [4.78, 5) is 1.23. The predicted molar refractivity (Wildman–Crippen MR) is 57.4 cm³/mol. The predicted octanol–water partition coefficient (Wildman–Crippen LogP) is 2.42. The van der Waals surface area contributed by atoms with Crippen molar-refractivity contribution in [1.82, 2.24) is 5.32 Å². The van der Waals surface area contributed by atoms with Crippen molar-refractivity contribution in [2.75, 3.05) is 7.11 Å². The zero-order valence-electron chi connectivity index (χ0n) is 8.04. The molecule has 0 spiro atoms. The second kappa shape index (κ2) is 5.04. The summed E-state index contributed by atoms with van der Waals surface area (Å²) in [5.41, 5.74) is 0. The van der Waals surface area contributed by atoms with E-state index in [0.29, 0.717) is 6.04 Å². The second-order valence-electron chi connectivity index (χ2n) is 2.82. The molecular formula is C10H15NOS. The number of methoxy groups -OCH3 is 1. The monoisotopic (exact) mass is 197 g/mol. The first kappa shape index (κ1) is 10.3. The van der Waals surface area contributed by atoms with Crippen LogP contribution < -0.4 is 10.1 Å². The van der Waals surface area contributed by atoms with Crippen molar-refractivity contribution in [3.05, 3.63) is 29.0 Å². The number of nitrogens with one attached hydrogen (secondary N) is 1. The Morgan fingerprint density at radius 3 is 3.15 bits per heavy atom. The van der Waals surface area contributed by atoms with Gasteiger partial charge < -0.3 is 10.1 Å². The van der Waals surface area contributed by atoms with Crippen molar-refractivity contribution >= 4 is 11.3 Å². The Morgan fingerprint density at radius 1 is 1.77 bits per heavy atom. The largest absolute Gasteiger partial charge is 0.496 e. The van der Waals surface area contributed by atoms with Gasteiger partial charge in [0.15, 0.2) is 0 Å². The van der Waals surface area contributed by atoms with Gasteiger partial charge in [0.1, 0.15) is 5.75 Å². The number of thiophene rings is 1. The molecule has 0 aliphatic carbocycles. The van der Waals surface area contributed by atoms with E-state index in [2.05, 4.69) is 18.8 Å². The van der Waals surface area contributed by atoms with Gasteiger partial charge >= 0.3 is 0 Å². The molecule has 0 fully saturated rings. The maximum Gasteiger partial charge on any atom is 0.134 e. The van der Waals surface area contributed by atoms with Crippen molar-refractivity contribution in [3.63, 3.8) is 0 Å². The van der Waals surface area contributed by atoms with Crippen LogP contribution in [0.3, 0.4) is 0 Å². The van der Waals surface area contributed by atoms with Gasteiger partial charge in [-0.25, -0.2) is 0 Å². The highest BCUT2D eigenvalue weighted by atomic mass is 32.1. The van der Waals surface area contributed by atoms with E-state index in [1.54, 1.807) is 18.4 Å². The molecule has 1 unspecified atom stereocenters. The zero-order valence-corrected chi connectivity index (χ0v) is 8.86. The van der Waals surface area contributed by atoms with Crippen molar-refractivity contribution in [3.8, 4) is 5.75 Å². The summed E-state index contributed by atoms with van der Waals surface area (Å²) in [6.45, 7) is 6.63. The van der Waals surface area contributed by atoms with Crippen molar-refractivity contribution in [2.45, 2.75) is 19.5 Å². The van der Waals surface area contributed by atoms with Crippen LogP contribution in [0.25, 0.3) is 0 Å². The average molecular weight is 197 g/mol. The van der Waals surface area contributed by atoms with Crippen LogP contribution in [0.1, 0.15) is 11.8 Å². The lowest BCUT2D eigenvalue weighted by atomic mass is 10.3. The molecule has 0 aliphatic heterocycles. The first-order valence-corrected chi connectivity index (χ1v) is 5.12. The first-order chi connectivity index (χ1) is 6.27. The Balaban J connectivity index is 2.48. The van der Waals surface area contributed by atoms with E-state index in [1.807, 2.05) is 17.5 Å². The fourth-order valence-electron chi connectivity index (χ4n) is 0.977. The van der Waals surface area contributed by atoms with Gasteiger partial charge in [0.25, 0.3) is 0 Å². The first-order valence-electron chi connectivity index (χ1n) is 4.24. The summed E-state index contributed by atoms with van der Waals surface area (Å²) in [5.74, 6) is 0.966. The van der Waals surface area contributed by atoms with Gasteiger partial charge in [-0.2, -0.15) is 0 Å². The Kier molecular flexibility index (Phi) is 3.99. The summed E-state index contributed by atoms with van der Waals surface area (Å²) in [7, 11) is 1.70. The number of hydrogen-bond acceptors (Lipinski definition) is 3. The summed E-state index contributed by atoms with van der Waals surface area (Å²) in [6.07, 6.45) is 1.89. The van der Waals surface area contributed by atoms with Gasteiger partial charge in [0, 0.05) is 12.6 Å². The van der Waals surface area contributed by atoms with E-state index >= 15 is 0 Å². The van der Waals surface area contributed by atoms with Crippen LogP contribution in [0.15, 0.2) is 24.1 Å². The third kappa shape index (κ3) is 2.86. The lowest BCUT2D eigenvalue weighted by Crippen LogP contribution is -2.22. The molecule has 3 heteroatoms. The molecule has 72 valence electrons. The third-order valence-corrected chi connectivity index (χ3v) is 2.76. The molecule has 0 bridgehead atoms. The highest BCUT2D eigenvalue weighted by Crippen LogP contribution is 2.23. The lowest BCUT2D eigenvalue weighted by Gasteiger charge is -2.08. The Morgan fingerprint density at radius 2 is 2.54 bits per heavy atom. The standard InChI is InChI=1S/C10H15NOS/c1-4-8(2)11-7-10-9(12-3)5-6-13-10/h4-6,8,11H,1,7H2,2-3H3. The summed E-state index contributed by atoms with van der Waals surface area (Å²) in [5, 5.41) is 5.36. The Labute approximate surface area is 83.2 Å². The summed E-state index contributed by atoms with van der Waals surface area (Å²) < 4.78 is 5.20. The van der Waals surface area contributed by atoms with Crippen LogP contribution in [0, 0.1) is 0 Å². The molecular weight excluding hydrogens is 182 g/mol. The highest BCUT2D eigenvalue weighted by Gasteiger charge is 2.04. The molecule has 0 radical (unpaired) electrons. The number of ether oxygens (including phenoxy) is 1. The maximum atomic E-state index is 5.20. The maximum absolute atomic E-state index is 5.20. The van der Waals surface area contributed by atoms with E-state index in [1.165, 1.54) is 4.88 Å². The van der Waals surface area contributed by atoms with Crippen LogP contribution in [-0.4, -0.2) is 13.2 Å². The molecule has 1 rings (SSSR count). The molecule has 1 atom stereocenters. The van der Waals surface area contributed by atoms with Crippen molar-refractivity contribution in [2.24, 2.45) is 0 Å². The normalized spacial score (nSPS) is 12.5. The molecule has 1 heterocycles. The van der Waals surface area contributed by atoms with E-state index in [9.17, 15) is 0 Å². The van der Waals surface area contributed by atoms with Crippen LogP contribution in [-0.2, 0) is 6.54 Å². The van der Waals surface area contributed by atoms with Crippen LogP contribution in [0.5, 0.6) is 5.75 Å². The fourth-order valence-corrected chi connectivity index (χ4v) is 1.77. The quantitative estimate of drug-likeness (QED) is 0.732. The van der Waals surface area contributed by atoms with Gasteiger partial charge in [0.05, 0.1) is 12.0 Å². The molecule has 2 nitrogen and oxygen atoms in total. The smallest absolute Gasteiger partial charge is 0.134 e. The third-order valence-electron chi connectivity index (χ3n) is 1.86. The van der Waals surface area contributed by atoms with Gasteiger partial charge in [0.2, 0.25) is 0 Å². The molecule has 1 aromatic heterocycles. The number of hydrogen-bond donors (Lipinski definition) is 1. The van der Waals surface area contributed by atoms with Crippen LogP contribution in [0.4, 0.5) is 0 Å². The topological polar surface area (TPSA) is 21.3 Å². The van der Waals surface area contributed by atoms with Crippen LogP contribution in [0.2, 0.25) is 0 Å². The molecule has 13 heavy (non-hydrogen) atoms. The minimum Gasteiger partial charge on any atom is -0.496 e. The van der Waals surface area contributed by atoms with E-state index in [4.69, 9.17) is 4.74 Å². The molecule has 1 aromatic rings. The molecule has 0 saturated heterocycles. The average Bonchev–Trinajstić information content (AvgIpc) is 2.61. The van der Waals surface area contributed by atoms with E-state index < -0.39 is 0 Å². The summed E-state index contributed by atoms with van der Waals surface area (Å²) >= 11 is 1.70. The fraction of sp³-hybridized carbons (Fsp3) is 0.400. The highest BCUT2D eigenvalue weighted by molar-refractivity contribution is 7.10. The second-order valence-corrected chi connectivity index (χ2v) is 3.82. The zero-order chi connectivity index (χ0) is 9.68. The Hall–Kier alpha value is -0.800. The summed E-state index contributed by atoms with van der Waals surface area (Å²) in [6, 6.07) is 2.33. The van der Waals surface area contributed by atoms with Crippen LogP contribution >= 0.6 is 11.3 Å². The Bertz CT molecular complexity index is 270. The lowest BCUT2D eigenvalue weighted by molar-refractivity contribution is 0.410. The van der Waals surface area contributed by atoms with Crippen molar-refractivity contribution < 1.29 is 4.74 Å². The van der Waals surface area contributed by atoms with Gasteiger partial charge in [-0.3, -0.25) is 0 Å². The van der Waals surface area contributed by atoms with Gasteiger partial charge in [-0.1, -0.05) is 6.08 Å².